The molecule has 1 unspecified atom stereocenters. The van der Waals surface area contributed by atoms with E-state index in [0.29, 0.717) is 6.07 Å². The van der Waals surface area contributed by atoms with Crippen LogP contribution in [0.5, 0.6) is 11.6 Å². The van der Waals surface area contributed by atoms with Crippen LogP contribution in [0.3, 0.4) is 0 Å². The molecule has 2 aromatic rings. The van der Waals surface area contributed by atoms with E-state index in [4.69, 9.17) is 10.5 Å². The molecule has 0 saturated carbocycles. The molecular weight excluding hydrogens is 316 g/mol. The van der Waals surface area contributed by atoms with E-state index in [1.165, 1.54) is 18.7 Å². The Morgan fingerprint density at radius 3 is 2.38 bits per heavy atom. The molecule has 0 fully saturated rings. The van der Waals surface area contributed by atoms with Gasteiger partial charge in [-0.15, -0.1) is 5.10 Å². The molecule has 1 aromatic carbocycles. The van der Waals surface area contributed by atoms with E-state index in [1.807, 2.05) is 13.8 Å². The van der Waals surface area contributed by atoms with Crippen LogP contribution < -0.4 is 10.5 Å². The smallest absolute Gasteiger partial charge is 0.238 e. The minimum atomic E-state index is -1.23. The van der Waals surface area contributed by atoms with Gasteiger partial charge in [-0.2, -0.15) is 5.10 Å². The number of ether oxygens (including phenoxy) is 1. The van der Waals surface area contributed by atoms with Gasteiger partial charge in [0.2, 0.25) is 5.88 Å². The third kappa shape index (κ3) is 6.97. The number of aliphatic hydroxyl groups is 1. The molecule has 136 valence electrons. The predicted molar refractivity (Wildman–Crippen MR) is 91.9 cm³/mol. The van der Waals surface area contributed by atoms with E-state index in [0.717, 1.165) is 6.07 Å². The Balaban J connectivity index is 0. The SMILES string of the molecule is CC.CCC.NCC(O)c1cc(Oc2cccnn2)c(F)cc1F.[HH]. The van der Waals surface area contributed by atoms with Gasteiger partial charge in [-0.3, -0.25) is 0 Å². The van der Waals surface area contributed by atoms with Gasteiger partial charge in [-0.05, 0) is 12.1 Å². The molecule has 0 radical (unpaired) electrons. The fraction of sp³-hybridized carbons (Fsp3) is 0.412. The Labute approximate surface area is 143 Å². The normalized spacial score (nSPS) is 10.7. The van der Waals surface area contributed by atoms with E-state index in [-0.39, 0.29) is 25.2 Å². The maximum atomic E-state index is 13.6. The van der Waals surface area contributed by atoms with Crippen molar-refractivity contribution in [2.24, 2.45) is 5.73 Å². The van der Waals surface area contributed by atoms with E-state index >= 15 is 0 Å². The van der Waals surface area contributed by atoms with Crippen molar-refractivity contribution in [2.75, 3.05) is 6.54 Å². The van der Waals surface area contributed by atoms with Gasteiger partial charge in [0.25, 0.3) is 0 Å². The van der Waals surface area contributed by atoms with Gasteiger partial charge in [0.05, 0.1) is 6.10 Å². The second-order valence-electron chi connectivity index (χ2n) is 4.43. The lowest BCUT2D eigenvalue weighted by Crippen LogP contribution is -2.13. The largest absolute Gasteiger partial charge is 0.434 e. The molecule has 3 N–H and O–H groups in total. The van der Waals surface area contributed by atoms with Gasteiger partial charge in [0, 0.05) is 31.9 Å². The molecule has 0 aliphatic heterocycles. The van der Waals surface area contributed by atoms with Crippen LogP contribution in [0.4, 0.5) is 8.78 Å². The molecule has 0 bridgehead atoms. The van der Waals surface area contributed by atoms with Crippen molar-refractivity contribution >= 4 is 0 Å². The number of nitrogens with zero attached hydrogens (tertiary/aromatic N) is 2. The first-order valence-corrected chi connectivity index (χ1v) is 7.86. The predicted octanol–water partition coefficient (Wildman–Crippen LogP) is 4.23. The maximum absolute atomic E-state index is 13.6. The summed E-state index contributed by atoms with van der Waals surface area (Å²) in [6, 6.07) is 4.70. The molecule has 2 rings (SSSR count). The molecule has 7 heteroatoms. The number of hydrogen-bond acceptors (Lipinski definition) is 5. The van der Waals surface area contributed by atoms with Crippen LogP contribution in [0.1, 0.15) is 47.2 Å². The standard InChI is InChI=1S/C12H11F2N3O2.C3H8.C2H6.H2/c13-8-5-9(14)11(4-7(8)10(18)6-15)19-12-2-1-3-16-17-12;1-3-2;1-2;/h1-5,10,18H,6,15H2;3H2,1-2H3;1-2H3;1H. The maximum Gasteiger partial charge on any atom is 0.238 e. The summed E-state index contributed by atoms with van der Waals surface area (Å²) in [7, 11) is 0. The zero-order chi connectivity index (χ0) is 18.5. The molecule has 0 amide bonds. The Bertz CT molecular complexity index is 590. The van der Waals surface area contributed by atoms with E-state index in [9.17, 15) is 13.9 Å². The third-order valence-electron chi connectivity index (χ3n) is 2.40. The van der Waals surface area contributed by atoms with Crippen molar-refractivity contribution in [1.29, 1.82) is 0 Å². The van der Waals surface area contributed by atoms with Gasteiger partial charge >= 0.3 is 0 Å². The highest BCUT2D eigenvalue weighted by Crippen LogP contribution is 2.28. The van der Waals surface area contributed by atoms with Gasteiger partial charge in [-0.1, -0.05) is 34.1 Å². The molecule has 1 heterocycles. The molecule has 0 aliphatic rings. The zero-order valence-electron chi connectivity index (χ0n) is 14.5. The minimum absolute atomic E-state index is 0. The summed E-state index contributed by atoms with van der Waals surface area (Å²) in [5.41, 5.74) is 5.10. The number of halogens is 2. The minimum Gasteiger partial charge on any atom is -0.434 e. The van der Waals surface area contributed by atoms with Gasteiger partial charge in [0.1, 0.15) is 5.82 Å². The molecule has 5 nitrogen and oxygen atoms in total. The summed E-state index contributed by atoms with van der Waals surface area (Å²) in [4.78, 5) is 0. The quantitative estimate of drug-likeness (QED) is 0.868. The average Bonchev–Trinajstić information content (AvgIpc) is 2.60. The molecule has 0 spiro atoms. The summed E-state index contributed by atoms with van der Waals surface area (Å²) in [5.74, 6) is -2.00. The highest BCUT2D eigenvalue weighted by molar-refractivity contribution is 5.35. The Morgan fingerprint density at radius 1 is 1.25 bits per heavy atom. The number of aromatic nitrogens is 2. The van der Waals surface area contributed by atoms with Gasteiger partial charge in [-0.25, -0.2) is 8.78 Å². The summed E-state index contributed by atoms with van der Waals surface area (Å²) >= 11 is 0. The van der Waals surface area contributed by atoms with Crippen LogP contribution in [0.25, 0.3) is 0 Å². The topological polar surface area (TPSA) is 81.3 Å². The third-order valence-corrected chi connectivity index (χ3v) is 2.40. The number of hydrogen-bond donors (Lipinski definition) is 2. The Kier molecular flexibility index (Phi) is 11.2. The summed E-state index contributed by atoms with van der Waals surface area (Å²) in [5, 5.41) is 16.7. The first kappa shape index (κ1) is 21.9. The van der Waals surface area contributed by atoms with Crippen molar-refractivity contribution in [3.63, 3.8) is 0 Å². The lowest BCUT2D eigenvalue weighted by atomic mass is 10.1. The second-order valence-corrected chi connectivity index (χ2v) is 4.43. The van der Waals surface area contributed by atoms with Crippen LogP contribution in [0.15, 0.2) is 30.5 Å². The van der Waals surface area contributed by atoms with Crippen LogP contribution >= 0.6 is 0 Å². The summed E-state index contributed by atoms with van der Waals surface area (Å²) in [6.07, 6.45) is 1.45. The molecule has 0 aliphatic carbocycles. The van der Waals surface area contributed by atoms with Crippen LogP contribution in [-0.4, -0.2) is 21.8 Å². The molecule has 1 aromatic heterocycles. The molecular formula is C17H27F2N3O2. The lowest BCUT2D eigenvalue weighted by Gasteiger charge is -2.12. The van der Waals surface area contributed by atoms with Crippen molar-refractivity contribution in [2.45, 2.75) is 40.2 Å². The number of aliphatic hydroxyl groups excluding tert-OH is 1. The highest BCUT2D eigenvalue weighted by Gasteiger charge is 2.17. The number of rotatable bonds is 4. The fourth-order valence-corrected chi connectivity index (χ4v) is 1.46. The van der Waals surface area contributed by atoms with E-state index in [2.05, 4.69) is 24.0 Å². The average molecular weight is 343 g/mol. The van der Waals surface area contributed by atoms with E-state index < -0.39 is 17.7 Å². The number of nitrogens with two attached hydrogens (primary N) is 1. The van der Waals surface area contributed by atoms with Crippen molar-refractivity contribution in [3.8, 4) is 11.6 Å². The Hall–Kier alpha value is -2.12. The van der Waals surface area contributed by atoms with Crippen LogP contribution in [0, 0.1) is 11.6 Å². The van der Waals surface area contributed by atoms with Gasteiger partial charge < -0.3 is 15.6 Å². The van der Waals surface area contributed by atoms with Crippen molar-refractivity contribution in [3.05, 3.63) is 47.7 Å². The Morgan fingerprint density at radius 2 is 1.88 bits per heavy atom. The number of benzene rings is 1. The van der Waals surface area contributed by atoms with Crippen LogP contribution in [0.2, 0.25) is 0 Å². The molecule has 0 saturated heterocycles. The first-order valence-electron chi connectivity index (χ1n) is 7.86. The summed E-state index contributed by atoms with van der Waals surface area (Å²) in [6.45, 7) is 8.06. The fourth-order valence-electron chi connectivity index (χ4n) is 1.46. The lowest BCUT2D eigenvalue weighted by molar-refractivity contribution is 0.181. The molecule has 24 heavy (non-hydrogen) atoms. The van der Waals surface area contributed by atoms with E-state index in [1.54, 1.807) is 6.07 Å². The monoisotopic (exact) mass is 343 g/mol. The van der Waals surface area contributed by atoms with Crippen molar-refractivity contribution in [1.82, 2.24) is 10.2 Å². The highest BCUT2D eigenvalue weighted by atomic mass is 19.1. The van der Waals surface area contributed by atoms with Gasteiger partial charge in [0.15, 0.2) is 11.6 Å². The second kappa shape index (κ2) is 12.3. The zero-order valence-corrected chi connectivity index (χ0v) is 14.5. The van der Waals surface area contributed by atoms with Crippen LogP contribution in [-0.2, 0) is 0 Å². The van der Waals surface area contributed by atoms with Crippen molar-refractivity contribution < 1.29 is 20.1 Å². The molecule has 1 atom stereocenters. The first-order chi connectivity index (χ1) is 11.5. The summed E-state index contributed by atoms with van der Waals surface area (Å²) < 4.78 is 32.2.